The summed E-state index contributed by atoms with van der Waals surface area (Å²) in [7, 11) is 0. The van der Waals surface area contributed by atoms with Crippen molar-refractivity contribution in [1.82, 2.24) is 25.0 Å². The number of nitrogens with zero attached hydrogens (tertiary/aromatic N) is 5. The van der Waals surface area contributed by atoms with Crippen LogP contribution in [0.15, 0.2) is 35.6 Å². The summed E-state index contributed by atoms with van der Waals surface area (Å²) in [4.78, 5) is 19.7. The molecule has 130 valence electrons. The number of aromatic nitrogens is 5. The first kappa shape index (κ1) is 17.3. The third-order valence-electron chi connectivity index (χ3n) is 3.61. The number of rotatable bonds is 7. The van der Waals surface area contributed by atoms with Crippen molar-refractivity contribution >= 4 is 28.9 Å². The Morgan fingerprint density at radius 3 is 2.76 bits per heavy atom. The van der Waals surface area contributed by atoms with E-state index in [0.29, 0.717) is 28.3 Å². The van der Waals surface area contributed by atoms with Crippen LogP contribution in [0.25, 0.3) is 16.9 Å². The summed E-state index contributed by atoms with van der Waals surface area (Å²) in [5.41, 5.74) is 1.43. The molecule has 7 nitrogen and oxygen atoms in total. The molecular weight excluding hydrogens is 345 g/mol. The van der Waals surface area contributed by atoms with E-state index in [2.05, 4.69) is 20.3 Å². The smallest absolute Gasteiger partial charge is 0.187 e. The molecule has 0 saturated heterocycles. The molecule has 0 aliphatic rings. The quantitative estimate of drug-likeness (QED) is 0.468. The molecular formula is C16H15FN5O2S-. The molecule has 0 bridgehead atoms. The van der Waals surface area contributed by atoms with Crippen molar-refractivity contribution in [3.05, 3.63) is 36.4 Å². The Morgan fingerprint density at radius 1 is 1.32 bits per heavy atom. The molecule has 0 unspecified atom stereocenters. The number of aliphatic carboxylic acids is 1. The first-order valence-electron chi connectivity index (χ1n) is 7.80. The second kappa shape index (κ2) is 7.56. The van der Waals surface area contributed by atoms with Crippen molar-refractivity contribution in [1.29, 1.82) is 0 Å². The van der Waals surface area contributed by atoms with Crippen LogP contribution in [-0.4, -0.2) is 36.2 Å². The van der Waals surface area contributed by atoms with Gasteiger partial charge in [0.1, 0.15) is 17.2 Å². The highest BCUT2D eigenvalue weighted by Gasteiger charge is 2.18. The molecule has 0 radical (unpaired) electrons. The van der Waals surface area contributed by atoms with Crippen molar-refractivity contribution in [3.63, 3.8) is 0 Å². The van der Waals surface area contributed by atoms with Crippen molar-refractivity contribution in [2.24, 2.45) is 0 Å². The number of thioether (sulfide) groups is 1. The average molecular weight is 360 g/mol. The Morgan fingerprint density at radius 2 is 2.08 bits per heavy atom. The van der Waals surface area contributed by atoms with Crippen LogP contribution in [0.5, 0.6) is 0 Å². The fourth-order valence-electron chi connectivity index (χ4n) is 2.32. The molecule has 0 amide bonds. The Labute approximate surface area is 147 Å². The molecule has 2 aromatic heterocycles. The van der Waals surface area contributed by atoms with Crippen LogP contribution in [0.4, 0.5) is 4.39 Å². The van der Waals surface area contributed by atoms with Gasteiger partial charge in [-0.25, -0.2) is 14.4 Å². The number of hydrogen-bond acceptors (Lipinski definition) is 7. The maximum atomic E-state index is 13.1. The molecule has 25 heavy (non-hydrogen) atoms. The van der Waals surface area contributed by atoms with Crippen LogP contribution < -0.4 is 5.11 Å². The number of halogens is 1. The van der Waals surface area contributed by atoms with E-state index in [0.717, 1.165) is 24.6 Å². The fraction of sp³-hybridized carbons (Fsp3) is 0.312. The zero-order valence-electron chi connectivity index (χ0n) is 13.4. The summed E-state index contributed by atoms with van der Waals surface area (Å²) < 4.78 is 14.6. The largest absolute Gasteiger partial charge is 0.549 e. The predicted molar refractivity (Wildman–Crippen MR) is 88.6 cm³/mol. The Hall–Kier alpha value is -2.55. The highest BCUT2D eigenvalue weighted by atomic mass is 32.2. The highest BCUT2D eigenvalue weighted by molar-refractivity contribution is 8.00. The van der Waals surface area contributed by atoms with Crippen molar-refractivity contribution in [2.75, 3.05) is 0 Å². The van der Waals surface area contributed by atoms with Crippen LogP contribution in [0.3, 0.4) is 0 Å². The van der Waals surface area contributed by atoms with E-state index in [1.165, 1.54) is 23.1 Å². The lowest BCUT2D eigenvalue weighted by Crippen LogP contribution is -2.33. The van der Waals surface area contributed by atoms with E-state index in [4.69, 9.17) is 0 Å². The van der Waals surface area contributed by atoms with Gasteiger partial charge in [0.2, 0.25) is 0 Å². The van der Waals surface area contributed by atoms with Gasteiger partial charge in [0.05, 0.1) is 16.9 Å². The molecule has 0 aliphatic heterocycles. The molecule has 0 fully saturated rings. The molecule has 3 rings (SSSR count). The summed E-state index contributed by atoms with van der Waals surface area (Å²) >= 11 is 1.09. The van der Waals surface area contributed by atoms with Gasteiger partial charge >= 0.3 is 0 Å². The first-order valence-corrected chi connectivity index (χ1v) is 8.68. The Kier molecular flexibility index (Phi) is 5.22. The van der Waals surface area contributed by atoms with Gasteiger partial charge in [-0.1, -0.05) is 36.7 Å². The third-order valence-corrected chi connectivity index (χ3v) is 4.85. The number of benzene rings is 1. The molecule has 0 N–H and O–H groups in total. The summed E-state index contributed by atoms with van der Waals surface area (Å²) in [6, 6.07) is 5.75. The molecule has 0 aliphatic carbocycles. The third kappa shape index (κ3) is 3.76. The van der Waals surface area contributed by atoms with Gasteiger partial charge in [-0.3, -0.25) is 0 Å². The molecule has 1 aromatic carbocycles. The van der Waals surface area contributed by atoms with E-state index >= 15 is 0 Å². The number of carboxylic acid groups (broad SMARTS) is 1. The number of carboxylic acids is 1. The summed E-state index contributed by atoms with van der Waals surface area (Å²) in [6.07, 6.45) is 3.49. The lowest BCUT2D eigenvalue weighted by molar-refractivity contribution is -0.304. The minimum atomic E-state index is -1.13. The predicted octanol–water partition coefficient (Wildman–Crippen LogP) is 1.75. The topological polar surface area (TPSA) is 96.6 Å². The number of hydrogen-bond donors (Lipinski definition) is 0. The second-order valence-corrected chi connectivity index (χ2v) is 6.59. The minimum Gasteiger partial charge on any atom is -0.549 e. The molecule has 0 saturated carbocycles. The van der Waals surface area contributed by atoms with E-state index in [1.807, 2.05) is 6.92 Å². The van der Waals surface area contributed by atoms with Crippen LogP contribution >= 0.6 is 11.8 Å². The lowest BCUT2D eigenvalue weighted by atomic mass is 10.2. The summed E-state index contributed by atoms with van der Waals surface area (Å²) in [5, 5.41) is 19.2. The number of unbranched alkanes of at least 4 members (excludes halogenated alkanes) is 1. The molecule has 3 aromatic rings. The maximum Gasteiger partial charge on any atom is 0.187 e. The van der Waals surface area contributed by atoms with Crippen LogP contribution in [0.1, 0.15) is 26.2 Å². The van der Waals surface area contributed by atoms with Gasteiger partial charge in [0.25, 0.3) is 0 Å². The monoisotopic (exact) mass is 360 g/mol. The zero-order chi connectivity index (χ0) is 17.8. The molecule has 2 heterocycles. The molecule has 9 heteroatoms. The van der Waals surface area contributed by atoms with Crippen LogP contribution in [0, 0.1) is 5.82 Å². The molecule has 0 spiro atoms. The highest BCUT2D eigenvalue weighted by Crippen LogP contribution is 2.29. The van der Waals surface area contributed by atoms with Gasteiger partial charge in [-0.2, -0.15) is 4.68 Å². The average Bonchev–Trinajstić information content (AvgIpc) is 3.04. The van der Waals surface area contributed by atoms with Crippen molar-refractivity contribution < 1.29 is 14.3 Å². The number of carbonyl (C=O) groups excluding carboxylic acids is 1. The van der Waals surface area contributed by atoms with Crippen molar-refractivity contribution in [3.8, 4) is 5.69 Å². The number of fused-ring (bicyclic) bond motifs is 1. The van der Waals surface area contributed by atoms with Crippen LogP contribution in [-0.2, 0) is 4.79 Å². The fourth-order valence-corrected chi connectivity index (χ4v) is 3.32. The van der Waals surface area contributed by atoms with Crippen molar-refractivity contribution in [2.45, 2.75) is 36.5 Å². The van der Waals surface area contributed by atoms with Gasteiger partial charge < -0.3 is 9.90 Å². The van der Waals surface area contributed by atoms with Gasteiger partial charge in [0, 0.05) is 0 Å². The van der Waals surface area contributed by atoms with Gasteiger partial charge in [-0.05, 0) is 30.7 Å². The van der Waals surface area contributed by atoms with E-state index in [-0.39, 0.29) is 5.82 Å². The van der Waals surface area contributed by atoms with E-state index < -0.39 is 11.2 Å². The first-order chi connectivity index (χ1) is 12.1. The van der Waals surface area contributed by atoms with Crippen LogP contribution in [0.2, 0.25) is 0 Å². The summed E-state index contributed by atoms with van der Waals surface area (Å²) in [6.45, 7) is 1.99. The second-order valence-electron chi connectivity index (χ2n) is 5.40. The lowest BCUT2D eigenvalue weighted by Gasteiger charge is -2.16. The Balaban J connectivity index is 1.95. The van der Waals surface area contributed by atoms with Gasteiger partial charge in [0.15, 0.2) is 11.2 Å². The minimum absolute atomic E-state index is 0.355. The Bertz CT molecular complexity index is 884. The van der Waals surface area contributed by atoms with Gasteiger partial charge in [-0.15, -0.1) is 5.10 Å². The van der Waals surface area contributed by atoms with E-state index in [9.17, 15) is 14.3 Å². The summed E-state index contributed by atoms with van der Waals surface area (Å²) in [5.74, 6) is -1.48. The maximum absolute atomic E-state index is 13.1. The number of carbonyl (C=O) groups is 1. The molecule has 1 atom stereocenters. The SMILES string of the molecule is CCCC[C@@H](Sc1ncnc2c1nnn2-c1ccc(F)cc1)C(=O)[O-]. The zero-order valence-corrected chi connectivity index (χ0v) is 14.2. The standard InChI is InChI=1S/C16H16FN5O2S/c1-2-3-4-12(16(23)24)25-15-13-14(18-9-19-15)22(21-20-13)11-7-5-10(17)6-8-11/h5-9,12H,2-4H2,1H3,(H,23,24)/p-1/t12-/m1/s1. The van der Waals surface area contributed by atoms with E-state index in [1.54, 1.807) is 12.1 Å². The normalized spacial score (nSPS) is 12.4.